The van der Waals surface area contributed by atoms with Crippen LogP contribution in [0.25, 0.3) is 0 Å². The van der Waals surface area contributed by atoms with Crippen molar-refractivity contribution in [2.75, 3.05) is 5.32 Å². The molecular weight excluding hydrogens is 306 g/mol. The Labute approximate surface area is 121 Å². The molecule has 0 saturated heterocycles. The van der Waals surface area contributed by atoms with E-state index in [1.807, 2.05) is 0 Å². The highest BCUT2D eigenvalue weighted by atomic mass is 79.9. The highest BCUT2D eigenvalue weighted by Gasteiger charge is 2.11. The fourth-order valence-corrected chi connectivity index (χ4v) is 3.64. The Balaban J connectivity index is 2.14. The number of halogens is 1. The predicted octanol–water partition coefficient (Wildman–Crippen LogP) is 5.81. The van der Waals surface area contributed by atoms with Gasteiger partial charge in [-0.15, -0.1) is 11.3 Å². The first-order valence-electron chi connectivity index (χ1n) is 6.17. The molecule has 1 nitrogen and oxygen atoms in total. The fraction of sp³-hybridized carbons (Fsp3) is 0.333. The second-order valence-electron chi connectivity index (χ2n) is 4.78. The van der Waals surface area contributed by atoms with Gasteiger partial charge >= 0.3 is 0 Å². The standard InChI is InChI=1S/C15H18BrNS/c1-10(2)12-5-4-6-13(9-12)17-11(3)15-14(16)7-8-18-15/h4-11,17H,1-3H3. The third-order valence-electron chi connectivity index (χ3n) is 2.97. The van der Waals surface area contributed by atoms with Gasteiger partial charge in [0.15, 0.2) is 0 Å². The third kappa shape index (κ3) is 3.15. The number of hydrogen-bond donors (Lipinski definition) is 1. The van der Waals surface area contributed by atoms with Crippen LogP contribution in [0.4, 0.5) is 5.69 Å². The van der Waals surface area contributed by atoms with Gasteiger partial charge in [-0.05, 0) is 57.9 Å². The van der Waals surface area contributed by atoms with Crippen LogP contribution in [0.1, 0.15) is 43.2 Å². The quantitative estimate of drug-likeness (QED) is 0.748. The van der Waals surface area contributed by atoms with E-state index >= 15 is 0 Å². The number of anilines is 1. The summed E-state index contributed by atoms with van der Waals surface area (Å²) in [5.41, 5.74) is 2.56. The molecule has 1 aromatic carbocycles. The topological polar surface area (TPSA) is 12.0 Å². The molecule has 0 aliphatic heterocycles. The second-order valence-corrected chi connectivity index (χ2v) is 6.58. The summed E-state index contributed by atoms with van der Waals surface area (Å²) in [7, 11) is 0. The van der Waals surface area contributed by atoms with Crippen LogP contribution in [0.5, 0.6) is 0 Å². The molecule has 0 bridgehead atoms. The molecule has 1 atom stereocenters. The van der Waals surface area contributed by atoms with Gasteiger partial charge in [-0.1, -0.05) is 26.0 Å². The first-order valence-corrected chi connectivity index (χ1v) is 7.84. The van der Waals surface area contributed by atoms with Crippen molar-refractivity contribution < 1.29 is 0 Å². The van der Waals surface area contributed by atoms with E-state index in [4.69, 9.17) is 0 Å². The van der Waals surface area contributed by atoms with Crippen LogP contribution in [0.3, 0.4) is 0 Å². The molecule has 1 N–H and O–H groups in total. The lowest BCUT2D eigenvalue weighted by Crippen LogP contribution is -2.05. The maximum Gasteiger partial charge on any atom is 0.0589 e. The number of benzene rings is 1. The molecule has 0 aliphatic rings. The molecule has 0 fully saturated rings. The normalized spacial score (nSPS) is 12.7. The van der Waals surface area contributed by atoms with E-state index in [0.29, 0.717) is 12.0 Å². The Morgan fingerprint density at radius 2 is 1.94 bits per heavy atom. The number of thiophene rings is 1. The summed E-state index contributed by atoms with van der Waals surface area (Å²) < 4.78 is 1.19. The second kappa shape index (κ2) is 5.89. The number of hydrogen-bond acceptors (Lipinski definition) is 2. The largest absolute Gasteiger partial charge is 0.378 e. The van der Waals surface area contributed by atoms with Crippen LogP contribution in [0.15, 0.2) is 40.2 Å². The van der Waals surface area contributed by atoms with Gasteiger partial charge in [0.25, 0.3) is 0 Å². The van der Waals surface area contributed by atoms with E-state index in [9.17, 15) is 0 Å². The summed E-state index contributed by atoms with van der Waals surface area (Å²) in [6, 6.07) is 11.1. The molecule has 1 heterocycles. The van der Waals surface area contributed by atoms with E-state index in [0.717, 1.165) is 0 Å². The molecule has 2 aromatic rings. The van der Waals surface area contributed by atoms with Gasteiger partial charge in [-0.25, -0.2) is 0 Å². The summed E-state index contributed by atoms with van der Waals surface area (Å²) in [5, 5.41) is 5.67. The highest BCUT2D eigenvalue weighted by molar-refractivity contribution is 9.10. The van der Waals surface area contributed by atoms with Gasteiger partial charge in [0.1, 0.15) is 0 Å². The van der Waals surface area contributed by atoms with Crippen molar-refractivity contribution in [3.8, 4) is 0 Å². The van der Waals surface area contributed by atoms with Crippen LogP contribution in [-0.2, 0) is 0 Å². The molecule has 0 aliphatic carbocycles. The van der Waals surface area contributed by atoms with Crippen LogP contribution < -0.4 is 5.32 Å². The third-order valence-corrected chi connectivity index (χ3v) is 5.03. The van der Waals surface area contributed by atoms with Crippen molar-refractivity contribution in [2.24, 2.45) is 0 Å². The van der Waals surface area contributed by atoms with Crippen LogP contribution in [-0.4, -0.2) is 0 Å². The van der Waals surface area contributed by atoms with Gasteiger partial charge in [-0.3, -0.25) is 0 Å². The summed E-state index contributed by atoms with van der Waals surface area (Å²) in [6.07, 6.45) is 0. The summed E-state index contributed by atoms with van der Waals surface area (Å²) in [4.78, 5) is 1.34. The Hall–Kier alpha value is -0.800. The van der Waals surface area contributed by atoms with Gasteiger partial charge < -0.3 is 5.32 Å². The number of nitrogens with one attached hydrogen (secondary N) is 1. The average molecular weight is 324 g/mol. The van der Waals surface area contributed by atoms with Crippen molar-refractivity contribution in [2.45, 2.75) is 32.7 Å². The SMILES string of the molecule is CC(C)c1cccc(NC(C)c2sccc2Br)c1. The van der Waals surface area contributed by atoms with Crippen LogP contribution >= 0.6 is 27.3 Å². The van der Waals surface area contributed by atoms with Crippen LogP contribution in [0.2, 0.25) is 0 Å². The molecule has 0 radical (unpaired) electrons. The summed E-state index contributed by atoms with van der Waals surface area (Å²) in [6.45, 7) is 6.63. The molecule has 0 amide bonds. The van der Waals surface area contributed by atoms with Gasteiger partial charge in [0.05, 0.1) is 6.04 Å². The van der Waals surface area contributed by atoms with Gasteiger partial charge in [-0.2, -0.15) is 0 Å². The molecule has 0 spiro atoms. The fourth-order valence-electron chi connectivity index (χ4n) is 1.92. The zero-order chi connectivity index (χ0) is 13.1. The van der Waals surface area contributed by atoms with E-state index in [2.05, 4.69) is 77.7 Å². The van der Waals surface area contributed by atoms with Crippen molar-refractivity contribution in [3.05, 3.63) is 50.6 Å². The minimum absolute atomic E-state index is 0.321. The monoisotopic (exact) mass is 323 g/mol. The average Bonchev–Trinajstić information content (AvgIpc) is 2.76. The van der Waals surface area contributed by atoms with E-state index in [1.165, 1.54) is 20.6 Å². The molecule has 2 rings (SSSR count). The number of rotatable bonds is 4. The molecule has 0 saturated carbocycles. The lowest BCUT2D eigenvalue weighted by atomic mass is 10.0. The minimum Gasteiger partial charge on any atom is -0.378 e. The van der Waals surface area contributed by atoms with E-state index < -0.39 is 0 Å². The lowest BCUT2D eigenvalue weighted by molar-refractivity contribution is 0.861. The zero-order valence-corrected chi connectivity index (χ0v) is 13.3. The van der Waals surface area contributed by atoms with Gasteiger partial charge in [0, 0.05) is 15.0 Å². The molecule has 1 unspecified atom stereocenters. The summed E-state index contributed by atoms with van der Waals surface area (Å²) in [5.74, 6) is 0.565. The summed E-state index contributed by atoms with van der Waals surface area (Å²) >= 11 is 5.37. The maximum atomic E-state index is 3.59. The van der Waals surface area contributed by atoms with Gasteiger partial charge in [0.2, 0.25) is 0 Å². The Bertz CT molecular complexity index is 519. The lowest BCUT2D eigenvalue weighted by Gasteiger charge is -2.16. The molecule has 96 valence electrons. The first kappa shape index (κ1) is 13.6. The maximum absolute atomic E-state index is 3.59. The first-order chi connectivity index (χ1) is 8.58. The molecular formula is C15H18BrNS. The van der Waals surface area contributed by atoms with E-state index in [1.54, 1.807) is 11.3 Å². The molecule has 1 aromatic heterocycles. The van der Waals surface area contributed by atoms with Crippen molar-refractivity contribution in [1.29, 1.82) is 0 Å². The van der Waals surface area contributed by atoms with Crippen molar-refractivity contribution >= 4 is 33.0 Å². The van der Waals surface area contributed by atoms with Crippen LogP contribution in [0, 0.1) is 0 Å². The Kier molecular flexibility index (Phi) is 4.46. The molecule has 18 heavy (non-hydrogen) atoms. The molecule has 3 heteroatoms. The van der Waals surface area contributed by atoms with Crippen molar-refractivity contribution in [3.63, 3.8) is 0 Å². The zero-order valence-electron chi connectivity index (χ0n) is 10.9. The smallest absolute Gasteiger partial charge is 0.0589 e. The Morgan fingerprint density at radius 3 is 2.56 bits per heavy atom. The minimum atomic E-state index is 0.321. The highest BCUT2D eigenvalue weighted by Crippen LogP contribution is 2.31. The predicted molar refractivity (Wildman–Crippen MR) is 84.6 cm³/mol. The Morgan fingerprint density at radius 1 is 1.17 bits per heavy atom. The van der Waals surface area contributed by atoms with E-state index in [-0.39, 0.29) is 0 Å². The van der Waals surface area contributed by atoms with Crippen molar-refractivity contribution in [1.82, 2.24) is 0 Å².